The molecule has 0 aliphatic rings. The zero-order chi connectivity index (χ0) is 6.97. The van der Waals surface area contributed by atoms with Crippen molar-refractivity contribution in [1.29, 1.82) is 0 Å². The SMILES string of the molecule is Cn1nnc2c#cccc21. The average Bonchev–Trinajstić information content (AvgIpc) is 2.34. The van der Waals surface area contributed by atoms with Crippen molar-refractivity contribution in [3.63, 3.8) is 0 Å². The highest BCUT2D eigenvalue weighted by atomic mass is 15.4. The zero-order valence-electron chi connectivity index (χ0n) is 5.50. The first-order chi connectivity index (χ1) is 4.88. The molecule has 0 unspecified atom stereocenters. The van der Waals surface area contributed by atoms with Crippen LogP contribution in [0.2, 0.25) is 0 Å². The van der Waals surface area contributed by atoms with E-state index in [1.807, 2.05) is 13.1 Å². The summed E-state index contributed by atoms with van der Waals surface area (Å²) >= 11 is 0. The normalized spacial score (nSPS) is 9.70. The van der Waals surface area contributed by atoms with E-state index in [-0.39, 0.29) is 0 Å². The molecule has 10 heavy (non-hydrogen) atoms. The van der Waals surface area contributed by atoms with E-state index in [0.29, 0.717) is 0 Å². The molecule has 1 aromatic carbocycles. The summed E-state index contributed by atoms with van der Waals surface area (Å²) in [6.45, 7) is 0. The molecule has 3 heteroatoms. The summed E-state index contributed by atoms with van der Waals surface area (Å²) in [5.74, 6) is 0. The van der Waals surface area contributed by atoms with Gasteiger partial charge in [-0.1, -0.05) is 11.3 Å². The molecule has 0 atom stereocenters. The fourth-order valence-corrected chi connectivity index (χ4v) is 0.871. The van der Waals surface area contributed by atoms with Gasteiger partial charge in [-0.2, -0.15) is 0 Å². The van der Waals surface area contributed by atoms with Crippen LogP contribution in [0, 0.1) is 12.1 Å². The molecule has 1 aromatic heterocycles. The average molecular weight is 131 g/mol. The lowest BCUT2D eigenvalue weighted by molar-refractivity contribution is 0.736. The second kappa shape index (κ2) is 1.71. The van der Waals surface area contributed by atoms with Crippen molar-refractivity contribution in [2.75, 3.05) is 0 Å². The van der Waals surface area contributed by atoms with E-state index >= 15 is 0 Å². The van der Waals surface area contributed by atoms with Gasteiger partial charge in [0.1, 0.15) is 0 Å². The molecular weight excluding hydrogens is 126 g/mol. The molecule has 2 aromatic rings. The summed E-state index contributed by atoms with van der Waals surface area (Å²) in [6, 6.07) is 9.37. The molecule has 0 spiro atoms. The molecular formula is C7H5N3. The van der Waals surface area contributed by atoms with Gasteiger partial charge in [0.05, 0.1) is 5.52 Å². The van der Waals surface area contributed by atoms with Gasteiger partial charge in [-0.05, 0) is 18.2 Å². The summed E-state index contributed by atoms with van der Waals surface area (Å²) in [6.07, 6.45) is 0. The smallest absolute Gasteiger partial charge is 0.163 e. The predicted molar refractivity (Wildman–Crippen MR) is 36.2 cm³/mol. The molecule has 0 radical (unpaired) electrons. The molecule has 0 amide bonds. The van der Waals surface area contributed by atoms with Gasteiger partial charge in [0, 0.05) is 7.05 Å². The molecule has 0 N–H and O–H groups in total. The van der Waals surface area contributed by atoms with E-state index in [1.165, 1.54) is 0 Å². The Hall–Kier alpha value is -1.56. The van der Waals surface area contributed by atoms with Gasteiger partial charge >= 0.3 is 0 Å². The lowest BCUT2D eigenvalue weighted by Crippen LogP contribution is -1.88. The summed E-state index contributed by atoms with van der Waals surface area (Å²) in [7, 11) is 1.85. The first-order valence-corrected chi connectivity index (χ1v) is 2.96. The highest BCUT2D eigenvalue weighted by Gasteiger charge is 1.95. The minimum Gasteiger partial charge on any atom is -0.247 e. The van der Waals surface area contributed by atoms with Crippen LogP contribution in [-0.2, 0) is 7.05 Å². The Bertz CT molecular complexity index is 350. The number of aromatic nitrogens is 3. The van der Waals surface area contributed by atoms with Gasteiger partial charge in [0.2, 0.25) is 0 Å². The molecule has 1 heterocycles. The minimum absolute atomic E-state index is 0.769. The van der Waals surface area contributed by atoms with Gasteiger partial charge in [0.15, 0.2) is 5.52 Å². The first-order valence-electron chi connectivity index (χ1n) is 2.96. The number of aryl methyl sites for hydroxylation is 1. The summed E-state index contributed by atoms with van der Waals surface area (Å²) in [5, 5.41) is 7.66. The fourth-order valence-electron chi connectivity index (χ4n) is 0.871. The molecule has 0 aliphatic heterocycles. The number of fused-ring (bicyclic) bond motifs is 1. The summed E-state index contributed by atoms with van der Waals surface area (Å²) in [4.78, 5) is 0. The van der Waals surface area contributed by atoms with Crippen molar-refractivity contribution in [3.8, 4) is 0 Å². The van der Waals surface area contributed by atoms with Crippen LogP contribution in [-0.4, -0.2) is 15.0 Å². The van der Waals surface area contributed by atoms with Gasteiger partial charge < -0.3 is 0 Å². The predicted octanol–water partition coefficient (Wildman–Crippen LogP) is 0.569. The molecule has 0 fully saturated rings. The third-order valence-electron chi connectivity index (χ3n) is 1.39. The Morgan fingerprint density at radius 2 is 2.50 bits per heavy atom. The fraction of sp³-hybridized carbons (Fsp3) is 0.143. The Balaban J connectivity index is 2.93. The van der Waals surface area contributed by atoms with Crippen LogP contribution in [0.3, 0.4) is 0 Å². The van der Waals surface area contributed by atoms with E-state index in [2.05, 4.69) is 22.4 Å². The zero-order valence-corrected chi connectivity index (χ0v) is 5.50. The van der Waals surface area contributed by atoms with Crippen LogP contribution in [0.5, 0.6) is 0 Å². The minimum atomic E-state index is 0.769. The Morgan fingerprint density at radius 3 is 3.30 bits per heavy atom. The molecule has 2 rings (SSSR count). The van der Waals surface area contributed by atoms with E-state index in [1.54, 1.807) is 10.7 Å². The summed E-state index contributed by atoms with van der Waals surface area (Å²) < 4.78 is 1.71. The van der Waals surface area contributed by atoms with E-state index < -0.39 is 0 Å². The van der Waals surface area contributed by atoms with Crippen LogP contribution in [0.25, 0.3) is 11.0 Å². The number of hydrogen-bond donors (Lipinski definition) is 0. The van der Waals surface area contributed by atoms with Crippen LogP contribution < -0.4 is 0 Å². The number of nitrogens with zero attached hydrogens (tertiary/aromatic N) is 3. The van der Waals surface area contributed by atoms with Crippen molar-refractivity contribution in [2.45, 2.75) is 0 Å². The van der Waals surface area contributed by atoms with Gasteiger partial charge in [-0.15, -0.1) is 5.10 Å². The molecule has 0 bridgehead atoms. The number of hydrogen-bond acceptors (Lipinski definition) is 2. The van der Waals surface area contributed by atoms with Crippen LogP contribution >= 0.6 is 0 Å². The number of rotatable bonds is 0. The van der Waals surface area contributed by atoms with Crippen LogP contribution in [0.4, 0.5) is 0 Å². The van der Waals surface area contributed by atoms with Crippen LogP contribution in [0.15, 0.2) is 12.1 Å². The maximum Gasteiger partial charge on any atom is 0.163 e. The molecule has 0 saturated heterocycles. The maximum absolute atomic E-state index is 3.84. The lowest BCUT2D eigenvalue weighted by atomic mass is 10.4. The highest BCUT2D eigenvalue weighted by molar-refractivity contribution is 5.71. The quantitative estimate of drug-likeness (QED) is 0.523. The Labute approximate surface area is 58.3 Å². The maximum atomic E-state index is 3.84. The van der Waals surface area contributed by atoms with Gasteiger partial charge in [0.25, 0.3) is 0 Å². The standard InChI is InChI=1S/C7H5N3/c1-10-7-5-3-2-4-6(7)8-9-10/h3,5H,1H3. The summed E-state index contributed by atoms with van der Waals surface area (Å²) in [5.41, 5.74) is 1.75. The van der Waals surface area contributed by atoms with E-state index in [4.69, 9.17) is 0 Å². The van der Waals surface area contributed by atoms with Crippen molar-refractivity contribution in [2.24, 2.45) is 7.05 Å². The highest BCUT2D eigenvalue weighted by Crippen LogP contribution is 2.03. The van der Waals surface area contributed by atoms with Gasteiger partial charge in [-0.25, -0.2) is 4.68 Å². The molecule has 0 saturated carbocycles. The lowest BCUT2D eigenvalue weighted by Gasteiger charge is -1.84. The van der Waals surface area contributed by atoms with E-state index in [9.17, 15) is 0 Å². The monoisotopic (exact) mass is 131 g/mol. The Kier molecular flexibility index (Phi) is 0.896. The van der Waals surface area contributed by atoms with Crippen molar-refractivity contribution < 1.29 is 0 Å². The van der Waals surface area contributed by atoms with Crippen molar-refractivity contribution in [1.82, 2.24) is 15.0 Å². The van der Waals surface area contributed by atoms with Crippen molar-refractivity contribution in [3.05, 3.63) is 24.3 Å². The van der Waals surface area contributed by atoms with Crippen molar-refractivity contribution >= 4 is 11.0 Å². The molecule has 48 valence electrons. The third kappa shape index (κ3) is 0.560. The molecule has 0 aliphatic carbocycles. The Morgan fingerprint density at radius 1 is 1.60 bits per heavy atom. The topological polar surface area (TPSA) is 30.7 Å². The third-order valence-corrected chi connectivity index (χ3v) is 1.39. The molecule has 3 nitrogen and oxygen atoms in total. The van der Waals surface area contributed by atoms with E-state index in [0.717, 1.165) is 11.0 Å². The second-order valence-electron chi connectivity index (χ2n) is 2.05. The van der Waals surface area contributed by atoms with Crippen LogP contribution in [0.1, 0.15) is 0 Å². The first kappa shape index (κ1) is 5.24. The van der Waals surface area contributed by atoms with Gasteiger partial charge in [-0.3, -0.25) is 0 Å². The largest absolute Gasteiger partial charge is 0.247 e. The second-order valence-corrected chi connectivity index (χ2v) is 2.05.